The van der Waals surface area contributed by atoms with E-state index in [0.29, 0.717) is 5.75 Å². The van der Waals surface area contributed by atoms with Crippen LogP contribution in [0.5, 0.6) is 5.75 Å². The molecule has 28 heavy (non-hydrogen) atoms. The molecule has 0 heterocycles. The first-order valence-electron chi connectivity index (χ1n) is 9.55. The Balaban J connectivity index is 1.66. The lowest BCUT2D eigenvalue weighted by Gasteiger charge is -2.31. The van der Waals surface area contributed by atoms with Crippen molar-refractivity contribution >= 4 is 17.9 Å². The summed E-state index contributed by atoms with van der Waals surface area (Å²) in [5.41, 5.74) is 8.04. The fraction of sp³-hybridized carbons (Fsp3) is 0.304. The Labute approximate surface area is 165 Å². The Hall–Kier alpha value is -3.08. The van der Waals surface area contributed by atoms with Gasteiger partial charge in [0.15, 0.2) is 6.61 Å². The van der Waals surface area contributed by atoms with Crippen LogP contribution in [0.25, 0.3) is 6.08 Å². The standard InChI is InChI=1S/C23H26N2O3/c1-17-5-4-6-19(15-17)23(13-2-3-14-23)25-22(27)12-9-18-7-10-20(11-8-18)28-16-21(24)26/h4-12,15H,2-3,13-14,16H2,1H3,(H2,24,26)(H,25,27)/b12-9+. The predicted molar refractivity (Wildman–Crippen MR) is 110 cm³/mol. The molecule has 3 rings (SSSR count). The lowest BCUT2D eigenvalue weighted by atomic mass is 9.87. The average Bonchev–Trinajstić information content (AvgIpc) is 3.15. The van der Waals surface area contributed by atoms with E-state index in [1.807, 2.05) is 12.1 Å². The van der Waals surface area contributed by atoms with Gasteiger partial charge in [-0.2, -0.15) is 0 Å². The molecule has 1 saturated carbocycles. The minimum absolute atomic E-state index is 0.0996. The van der Waals surface area contributed by atoms with E-state index >= 15 is 0 Å². The molecule has 0 radical (unpaired) electrons. The molecule has 0 unspecified atom stereocenters. The Morgan fingerprint density at radius 3 is 2.50 bits per heavy atom. The highest BCUT2D eigenvalue weighted by Crippen LogP contribution is 2.39. The highest BCUT2D eigenvalue weighted by molar-refractivity contribution is 5.92. The Morgan fingerprint density at radius 2 is 1.86 bits per heavy atom. The molecular formula is C23H26N2O3. The number of primary amides is 1. The van der Waals surface area contributed by atoms with Gasteiger partial charge in [0.1, 0.15) is 5.75 Å². The van der Waals surface area contributed by atoms with Crippen molar-refractivity contribution in [2.75, 3.05) is 6.61 Å². The van der Waals surface area contributed by atoms with Crippen LogP contribution in [-0.2, 0) is 15.1 Å². The largest absolute Gasteiger partial charge is 0.484 e. The van der Waals surface area contributed by atoms with Crippen molar-refractivity contribution in [2.45, 2.75) is 38.1 Å². The summed E-state index contributed by atoms with van der Waals surface area (Å²) in [5, 5.41) is 3.25. The first kappa shape index (κ1) is 19.7. The smallest absolute Gasteiger partial charge is 0.255 e. The van der Waals surface area contributed by atoms with E-state index < -0.39 is 5.91 Å². The molecule has 146 valence electrons. The maximum Gasteiger partial charge on any atom is 0.255 e. The number of hydrogen-bond acceptors (Lipinski definition) is 3. The minimum Gasteiger partial charge on any atom is -0.484 e. The second-order valence-electron chi connectivity index (χ2n) is 7.31. The molecule has 3 N–H and O–H groups in total. The van der Waals surface area contributed by atoms with Crippen molar-refractivity contribution in [3.8, 4) is 5.75 Å². The number of benzene rings is 2. The van der Waals surface area contributed by atoms with Gasteiger partial charge in [0.25, 0.3) is 5.91 Å². The summed E-state index contributed by atoms with van der Waals surface area (Å²) in [7, 11) is 0. The van der Waals surface area contributed by atoms with Crippen molar-refractivity contribution < 1.29 is 14.3 Å². The molecule has 0 saturated heterocycles. The maximum absolute atomic E-state index is 12.6. The highest BCUT2D eigenvalue weighted by Gasteiger charge is 2.36. The fourth-order valence-corrected chi connectivity index (χ4v) is 3.69. The molecule has 1 aliphatic rings. The van der Waals surface area contributed by atoms with E-state index in [9.17, 15) is 9.59 Å². The maximum atomic E-state index is 12.6. The summed E-state index contributed by atoms with van der Waals surface area (Å²) in [4.78, 5) is 23.4. The van der Waals surface area contributed by atoms with Crippen LogP contribution in [-0.4, -0.2) is 18.4 Å². The van der Waals surface area contributed by atoms with Gasteiger partial charge >= 0.3 is 0 Å². The molecule has 1 fully saturated rings. The second-order valence-corrected chi connectivity index (χ2v) is 7.31. The molecule has 2 aromatic rings. The van der Waals surface area contributed by atoms with Crippen molar-refractivity contribution in [1.82, 2.24) is 5.32 Å². The van der Waals surface area contributed by atoms with Crippen LogP contribution in [0.4, 0.5) is 0 Å². The van der Waals surface area contributed by atoms with Gasteiger partial charge in [-0.3, -0.25) is 9.59 Å². The van der Waals surface area contributed by atoms with Crippen LogP contribution < -0.4 is 15.8 Å². The Bertz CT molecular complexity index is 866. The number of amides is 2. The molecule has 2 aromatic carbocycles. The molecule has 0 aliphatic heterocycles. The van der Waals surface area contributed by atoms with Crippen LogP contribution in [0.1, 0.15) is 42.4 Å². The minimum atomic E-state index is -0.518. The molecule has 2 amide bonds. The number of nitrogens with one attached hydrogen (secondary N) is 1. The third-order valence-corrected chi connectivity index (χ3v) is 5.08. The monoisotopic (exact) mass is 378 g/mol. The lowest BCUT2D eigenvalue weighted by Crippen LogP contribution is -2.43. The van der Waals surface area contributed by atoms with E-state index in [-0.39, 0.29) is 18.1 Å². The third-order valence-electron chi connectivity index (χ3n) is 5.08. The van der Waals surface area contributed by atoms with E-state index in [4.69, 9.17) is 10.5 Å². The van der Waals surface area contributed by atoms with Crippen LogP contribution in [0.15, 0.2) is 54.6 Å². The third kappa shape index (κ3) is 5.00. The van der Waals surface area contributed by atoms with E-state index in [1.165, 1.54) is 11.1 Å². The topological polar surface area (TPSA) is 81.4 Å². The summed E-state index contributed by atoms with van der Waals surface area (Å²) < 4.78 is 5.23. The molecule has 5 heteroatoms. The normalized spacial score (nSPS) is 15.5. The zero-order valence-electron chi connectivity index (χ0n) is 16.1. The highest BCUT2D eigenvalue weighted by atomic mass is 16.5. The summed E-state index contributed by atoms with van der Waals surface area (Å²) in [6.45, 7) is 1.92. The zero-order valence-corrected chi connectivity index (χ0v) is 16.1. The Morgan fingerprint density at radius 1 is 1.14 bits per heavy atom. The van der Waals surface area contributed by atoms with Crippen molar-refractivity contribution in [2.24, 2.45) is 5.73 Å². The number of ether oxygens (including phenoxy) is 1. The fourth-order valence-electron chi connectivity index (χ4n) is 3.69. The molecule has 0 bridgehead atoms. The summed E-state index contributed by atoms with van der Waals surface area (Å²) in [5.74, 6) is -0.0580. The average molecular weight is 378 g/mol. The van der Waals surface area contributed by atoms with Crippen LogP contribution in [0.3, 0.4) is 0 Å². The SMILES string of the molecule is Cc1cccc(C2(NC(=O)/C=C/c3ccc(OCC(N)=O)cc3)CCCC2)c1. The first-order valence-corrected chi connectivity index (χ1v) is 9.55. The molecule has 0 atom stereocenters. The van der Waals surface area contributed by atoms with Gasteiger partial charge in [-0.1, -0.05) is 54.8 Å². The molecule has 5 nitrogen and oxygen atoms in total. The number of hydrogen-bond donors (Lipinski definition) is 2. The van der Waals surface area contributed by atoms with Gasteiger partial charge in [0, 0.05) is 6.08 Å². The van der Waals surface area contributed by atoms with Crippen molar-refractivity contribution in [1.29, 1.82) is 0 Å². The molecular weight excluding hydrogens is 352 g/mol. The van der Waals surface area contributed by atoms with Crippen LogP contribution in [0.2, 0.25) is 0 Å². The predicted octanol–water partition coefficient (Wildman–Crippen LogP) is 3.46. The number of carbonyl (C=O) groups is 2. The van der Waals surface area contributed by atoms with Crippen LogP contribution >= 0.6 is 0 Å². The van der Waals surface area contributed by atoms with Gasteiger partial charge in [-0.05, 0) is 49.1 Å². The van der Waals surface area contributed by atoms with Crippen molar-refractivity contribution in [3.05, 3.63) is 71.3 Å². The first-order chi connectivity index (χ1) is 13.5. The number of nitrogens with two attached hydrogens (primary N) is 1. The number of rotatable bonds is 7. The van der Waals surface area contributed by atoms with Gasteiger partial charge in [0.05, 0.1) is 5.54 Å². The van der Waals surface area contributed by atoms with Gasteiger partial charge in [0.2, 0.25) is 5.91 Å². The van der Waals surface area contributed by atoms with E-state index in [0.717, 1.165) is 31.2 Å². The number of carbonyl (C=O) groups excluding carboxylic acids is 2. The molecule has 1 aliphatic carbocycles. The van der Waals surface area contributed by atoms with Crippen molar-refractivity contribution in [3.63, 3.8) is 0 Å². The quantitative estimate of drug-likeness (QED) is 0.724. The molecule has 0 spiro atoms. The summed E-state index contributed by atoms with van der Waals surface area (Å²) in [6, 6.07) is 15.5. The van der Waals surface area contributed by atoms with Gasteiger partial charge < -0.3 is 15.8 Å². The van der Waals surface area contributed by atoms with Gasteiger partial charge in [-0.15, -0.1) is 0 Å². The van der Waals surface area contributed by atoms with Gasteiger partial charge in [-0.25, -0.2) is 0 Å². The van der Waals surface area contributed by atoms with Crippen LogP contribution in [0, 0.1) is 6.92 Å². The number of aryl methyl sites for hydroxylation is 1. The molecule has 0 aromatic heterocycles. The second kappa shape index (κ2) is 8.74. The van der Waals surface area contributed by atoms with E-state index in [1.54, 1.807) is 24.3 Å². The zero-order chi connectivity index (χ0) is 20.0. The Kier molecular flexibility index (Phi) is 6.14. The summed E-state index contributed by atoms with van der Waals surface area (Å²) in [6.07, 6.45) is 7.49. The lowest BCUT2D eigenvalue weighted by molar-refractivity contribution is -0.120. The van der Waals surface area contributed by atoms with E-state index in [2.05, 4.69) is 36.5 Å². The summed E-state index contributed by atoms with van der Waals surface area (Å²) >= 11 is 0.